The molecule has 2 atom stereocenters. The van der Waals surface area contributed by atoms with E-state index in [4.69, 9.17) is 15.2 Å². The predicted octanol–water partition coefficient (Wildman–Crippen LogP) is 1.15. The summed E-state index contributed by atoms with van der Waals surface area (Å²) in [5.41, 5.74) is 5.50. The Labute approximate surface area is 236 Å². The number of amides is 2. The number of esters is 2. The van der Waals surface area contributed by atoms with Gasteiger partial charge in [0.05, 0.1) is 5.41 Å². The summed E-state index contributed by atoms with van der Waals surface area (Å²) in [7, 11) is 0. The molecule has 2 aromatic heterocycles. The van der Waals surface area contributed by atoms with E-state index in [9.17, 15) is 24.4 Å². The van der Waals surface area contributed by atoms with Crippen LogP contribution >= 0.6 is 23.1 Å². The van der Waals surface area contributed by atoms with Crippen molar-refractivity contribution in [3.8, 4) is 0 Å². The molecular formula is C24H25N7O7S2. The highest BCUT2D eigenvalue weighted by Gasteiger charge is 2.54. The maximum atomic E-state index is 13.2. The number of thiazole rings is 1. The van der Waals surface area contributed by atoms with Crippen LogP contribution in [0.4, 0.5) is 5.13 Å². The smallest absolute Gasteiger partial charge is 0.358 e. The summed E-state index contributed by atoms with van der Waals surface area (Å²) in [6.45, 7) is 4.32. The molecule has 1 fully saturated rings. The number of carbonyl (C=O) groups excluding carboxylic acids is 4. The number of hydrogen-bond acceptors (Lipinski definition) is 14. The van der Waals surface area contributed by atoms with Gasteiger partial charge in [0, 0.05) is 29.1 Å². The monoisotopic (exact) mass is 587 g/mol. The summed E-state index contributed by atoms with van der Waals surface area (Å²) < 4.78 is 10.2. The number of thioether (sulfide) groups is 1. The first kappa shape index (κ1) is 28.7. The van der Waals surface area contributed by atoms with E-state index in [0.29, 0.717) is 11.1 Å². The summed E-state index contributed by atoms with van der Waals surface area (Å²) in [5, 5.41) is 15.9. The van der Waals surface area contributed by atoms with Gasteiger partial charge in [-0.1, -0.05) is 17.3 Å². The summed E-state index contributed by atoms with van der Waals surface area (Å²) in [5.74, 6) is -2.61. The molecule has 0 spiro atoms. The number of allylic oxidation sites excluding steroid dienone is 1. The number of nitrogens with zero attached hydrogens (tertiary/aromatic N) is 5. The number of carbonyl (C=O) groups is 4. The summed E-state index contributed by atoms with van der Waals surface area (Å²) in [6, 6.07) is -1.03. The fourth-order valence-corrected chi connectivity index (χ4v) is 5.46. The van der Waals surface area contributed by atoms with Crippen LogP contribution in [0.25, 0.3) is 6.08 Å². The molecule has 0 saturated carbocycles. The van der Waals surface area contributed by atoms with Crippen LogP contribution in [-0.2, 0) is 28.7 Å². The van der Waals surface area contributed by atoms with Gasteiger partial charge in [-0.15, -0.1) is 23.1 Å². The van der Waals surface area contributed by atoms with Crippen molar-refractivity contribution in [2.24, 2.45) is 10.6 Å². The van der Waals surface area contributed by atoms with Gasteiger partial charge in [-0.05, 0) is 26.3 Å². The first-order valence-corrected chi connectivity index (χ1v) is 13.6. The minimum Gasteiger partial charge on any atom is -0.427 e. The van der Waals surface area contributed by atoms with E-state index < -0.39 is 53.1 Å². The Kier molecular flexibility index (Phi) is 8.49. The van der Waals surface area contributed by atoms with Crippen LogP contribution < -0.4 is 11.1 Å². The maximum absolute atomic E-state index is 13.2. The van der Waals surface area contributed by atoms with E-state index in [-0.39, 0.29) is 22.3 Å². The molecule has 210 valence electrons. The quantitative estimate of drug-likeness (QED) is 0.0995. The van der Waals surface area contributed by atoms with Crippen LogP contribution in [0.5, 0.6) is 0 Å². The number of rotatable bonds is 8. The summed E-state index contributed by atoms with van der Waals surface area (Å²) in [4.78, 5) is 64.3. The molecule has 4 heterocycles. The largest absolute Gasteiger partial charge is 0.427 e. The highest BCUT2D eigenvalue weighted by atomic mass is 32.2. The van der Waals surface area contributed by atoms with Crippen molar-refractivity contribution in [3.05, 3.63) is 52.7 Å². The van der Waals surface area contributed by atoms with Crippen LogP contribution in [0, 0.1) is 5.41 Å². The minimum absolute atomic E-state index is 0.0497. The molecule has 2 amide bonds. The first-order valence-electron chi connectivity index (χ1n) is 11.7. The van der Waals surface area contributed by atoms with Gasteiger partial charge in [0.15, 0.2) is 10.8 Å². The van der Waals surface area contributed by atoms with Gasteiger partial charge in [-0.3, -0.25) is 19.3 Å². The number of fused-ring (bicyclic) bond motifs is 1. The van der Waals surface area contributed by atoms with E-state index in [2.05, 4.69) is 25.4 Å². The number of oxime groups is 1. The maximum Gasteiger partial charge on any atom is 0.358 e. The second kappa shape index (κ2) is 11.8. The number of β-lactam (4-membered cyclic amide) rings is 1. The number of nitrogen functional groups attached to an aromatic ring is 1. The third-order valence-electron chi connectivity index (χ3n) is 5.61. The predicted molar refractivity (Wildman–Crippen MR) is 144 cm³/mol. The van der Waals surface area contributed by atoms with Gasteiger partial charge in [0.25, 0.3) is 11.8 Å². The van der Waals surface area contributed by atoms with E-state index in [1.807, 2.05) is 0 Å². The zero-order chi connectivity index (χ0) is 29.0. The second-order valence-corrected chi connectivity index (χ2v) is 11.5. The Bertz CT molecular complexity index is 1420. The number of nitrogens with one attached hydrogen (secondary N) is 1. The molecule has 0 aromatic carbocycles. The topological polar surface area (TPSA) is 199 Å². The van der Waals surface area contributed by atoms with Crippen molar-refractivity contribution in [1.29, 1.82) is 0 Å². The SMILES string of the molecule is CC(C)(C)C(=O)OCOC(=O)C1=C(/C=C\c2cncnc2)CS[C@@H]2[C@H](NC(=O)/C(=N\O)c3csc(N)n3)C(=O)N12. The lowest BCUT2D eigenvalue weighted by Crippen LogP contribution is -2.71. The molecule has 14 nitrogen and oxygen atoms in total. The van der Waals surface area contributed by atoms with Crippen LogP contribution in [0.1, 0.15) is 32.0 Å². The molecule has 2 aliphatic rings. The van der Waals surface area contributed by atoms with Gasteiger partial charge in [0.1, 0.15) is 29.1 Å². The standard InChI is InChI=1S/C24H25N7O7S2/c1-24(2,3)22(35)38-11-37-21(34)17-13(5-4-12-6-26-10-27-7-12)8-39-20-16(19(33)31(17)20)29-18(32)15(30-36)14-9-40-23(25)28-14/h4-7,9-10,16,20,36H,8,11H2,1-3H3,(H2,25,28)(H,29,32)/b5-4-,30-15-/t16-,20-/m1/s1. The number of nitrogens with two attached hydrogens (primary N) is 1. The third-order valence-corrected chi connectivity index (χ3v) is 7.58. The lowest BCUT2D eigenvalue weighted by atomic mass is 9.98. The molecule has 1 saturated heterocycles. The Morgan fingerprint density at radius 2 is 1.98 bits per heavy atom. The third kappa shape index (κ3) is 6.12. The van der Waals surface area contributed by atoms with Crippen LogP contribution in [0.15, 0.2) is 46.6 Å². The van der Waals surface area contributed by atoms with Gasteiger partial charge in [-0.25, -0.2) is 19.7 Å². The van der Waals surface area contributed by atoms with Gasteiger partial charge < -0.3 is 25.7 Å². The zero-order valence-corrected chi connectivity index (χ0v) is 23.2. The average Bonchev–Trinajstić information content (AvgIpc) is 3.35. The lowest BCUT2D eigenvalue weighted by Gasteiger charge is -2.49. The van der Waals surface area contributed by atoms with Crippen molar-refractivity contribution < 1.29 is 33.9 Å². The van der Waals surface area contributed by atoms with Gasteiger partial charge >= 0.3 is 11.9 Å². The van der Waals surface area contributed by atoms with Crippen molar-refractivity contribution in [1.82, 2.24) is 25.2 Å². The molecule has 0 radical (unpaired) electrons. The molecule has 40 heavy (non-hydrogen) atoms. The molecule has 0 bridgehead atoms. The Balaban J connectivity index is 1.54. The highest BCUT2D eigenvalue weighted by Crippen LogP contribution is 2.41. The van der Waals surface area contributed by atoms with Gasteiger partial charge in [-0.2, -0.15) is 0 Å². The summed E-state index contributed by atoms with van der Waals surface area (Å²) in [6.07, 6.45) is 7.84. The van der Waals surface area contributed by atoms with E-state index in [0.717, 1.165) is 11.3 Å². The fourth-order valence-electron chi connectivity index (χ4n) is 3.59. The average molecular weight is 588 g/mol. The highest BCUT2D eigenvalue weighted by molar-refractivity contribution is 8.00. The Morgan fingerprint density at radius 3 is 2.60 bits per heavy atom. The lowest BCUT2D eigenvalue weighted by molar-refractivity contribution is -0.173. The number of ether oxygens (including phenoxy) is 2. The van der Waals surface area contributed by atoms with E-state index in [1.165, 1.54) is 28.4 Å². The second-order valence-electron chi connectivity index (χ2n) is 9.49. The van der Waals surface area contributed by atoms with E-state index in [1.54, 1.807) is 45.3 Å². The molecule has 2 aliphatic heterocycles. The normalized spacial score (nSPS) is 19.2. The molecular weight excluding hydrogens is 562 g/mol. The summed E-state index contributed by atoms with van der Waals surface area (Å²) >= 11 is 2.35. The fraction of sp³-hybridized carbons (Fsp3) is 0.333. The minimum atomic E-state index is -1.03. The first-order chi connectivity index (χ1) is 19.0. The molecule has 0 aliphatic carbocycles. The molecule has 2 aromatic rings. The van der Waals surface area contributed by atoms with Crippen LogP contribution in [0.3, 0.4) is 0 Å². The van der Waals surface area contributed by atoms with Crippen molar-refractivity contribution >= 4 is 63.8 Å². The molecule has 4 rings (SSSR count). The Hall–Kier alpha value is -4.31. The van der Waals surface area contributed by atoms with E-state index >= 15 is 0 Å². The number of hydrogen-bond donors (Lipinski definition) is 3. The van der Waals surface area contributed by atoms with Crippen molar-refractivity contribution in [2.75, 3.05) is 18.3 Å². The van der Waals surface area contributed by atoms with Gasteiger partial charge in [0.2, 0.25) is 6.79 Å². The van der Waals surface area contributed by atoms with Crippen LogP contribution in [-0.4, -0.2) is 78.5 Å². The van der Waals surface area contributed by atoms with Crippen molar-refractivity contribution in [2.45, 2.75) is 32.2 Å². The zero-order valence-electron chi connectivity index (χ0n) is 21.6. The Morgan fingerprint density at radius 1 is 1.25 bits per heavy atom. The molecule has 16 heteroatoms. The number of anilines is 1. The molecule has 4 N–H and O–H groups in total. The number of aromatic nitrogens is 3. The van der Waals surface area contributed by atoms with Crippen LogP contribution in [0.2, 0.25) is 0 Å². The molecule has 0 unspecified atom stereocenters. The van der Waals surface area contributed by atoms with Crippen molar-refractivity contribution in [3.63, 3.8) is 0 Å².